The Bertz CT molecular complexity index is 768. The van der Waals surface area contributed by atoms with Crippen LogP contribution in [0.2, 0.25) is 0 Å². The molecule has 1 aliphatic rings. The van der Waals surface area contributed by atoms with Crippen LogP contribution in [0.25, 0.3) is 0 Å². The highest BCUT2D eigenvalue weighted by Crippen LogP contribution is 2.23. The predicted octanol–water partition coefficient (Wildman–Crippen LogP) is 2.10. The van der Waals surface area contributed by atoms with Crippen LogP contribution >= 0.6 is 0 Å². The van der Waals surface area contributed by atoms with Gasteiger partial charge in [-0.25, -0.2) is 0 Å². The molecule has 1 fully saturated rings. The van der Waals surface area contributed by atoms with E-state index in [1.165, 1.54) is 0 Å². The van der Waals surface area contributed by atoms with Crippen LogP contribution in [0, 0.1) is 5.92 Å². The molecule has 3 rings (SSSR count). The minimum atomic E-state index is -0.408. The number of carbonyl (C=O) groups is 2. The lowest BCUT2D eigenvalue weighted by molar-refractivity contribution is 0.0774. The van der Waals surface area contributed by atoms with Crippen molar-refractivity contribution in [1.29, 1.82) is 0 Å². The van der Waals surface area contributed by atoms with Crippen LogP contribution in [0.3, 0.4) is 0 Å². The van der Waals surface area contributed by atoms with Gasteiger partial charge in [0.1, 0.15) is 5.69 Å². The highest BCUT2D eigenvalue weighted by Gasteiger charge is 2.28. The number of hydrogen-bond acceptors (Lipinski definition) is 3. The number of rotatable bonds is 6. The van der Waals surface area contributed by atoms with Crippen LogP contribution in [0.4, 0.5) is 0 Å². The molecule has 1 saturated heterocycles. The molecule has 2 aromatic rings. The van der Waals surface area contributed by atoms with Crippen LogP contribution in [0.5, 0.6) is 0 Å². The smallest absolute Gasteiger partial charge is 0.272 e. The van der Waals surface area contributed by atoms with Crippen LogP contribution in [0.15, 0.2) is 36.5 Å². The molecule has 0 aliphatic carbocycles. The van der Waals surface area contributed by atoms with E-state index in [-0.39, 0.29) is 5.91 Å². The van der Waals surface area contributed by atoms with E-state index in [4.69, 9.17) is 5.73 Å². The van der Waals surface area contributed by atoms with Crippen molar-refractivity contribution >= 4 is 11.8 Å². The van der Waals surface area contributed by atoms with Gasteiger partial charge in [0.15, 0.2) is 0 Å². The maximum Gasteiger partial charge on any atom is 0.272 e. The fourth-order valence-electron chi connectivity index (χ4n) is 3.43. The Morgan fingerprint density at radius 1 is 1.32 bits per heavy atom. The third-order valence-electron chi connectivity index (χ3n) is 4.68. The van der Waals surface area contributed by atoms with Crippen molar-refractivity contribution in [1.82, 2.24) is 14.7 Å². The van der Waals surface area contributed by atoms with E-state index in [9.17, 15) is 9.59 Å². The third-order valence-corrected chi connectivity index (χ3v) is 4.68. The third kappa shape index (κ3) is 3.90. The minimum Gasteiger partial charge on any atom is -0.366 e. The second-order valence-electron chi connectivity index (χ2n) is 6.61. The summed E-state index contributed by atoms with van der Waals surface area (Å²) in [5.41, 5.74) is 7.63. The largest absolute Gasteiger partial charge is 0.366 e. The molecule has 0 spiro atoms. The van der Waals surface area contributed by atoms with Crippen molar-refractivity contribution in [3.8, 4) is 0 Å². The predicted molar refractivity (Wildman–Crippen MR) is 95.2 cm³/mol. The van der Waals surface area contributed by atoms with Gasteiger partial charge in [0.05, 0.1) is 0 Å². The number of aromatic nitrogens is 2. The quantitative estimate of drug-likeness (QED) is 0.874. The number of nitrogens with two attached hydrogens (primary N) is 1. The van der Waals surface area contributed by atoms with Gasteiger partial charge >= 0.3 is 0 Å². The van der Waals surface area contributed by atoms with Gasteiger partial charge < -0.3 is 10.6 Å². The first kappa shape index (κ1) is 17.2. The summed E-state index contributed by atoms with van der Waals surface area (Å²) in [5, 5.41) is 4.24. The van der Waals surface area contributed by atoms with Gasteiger partial charge in [-0.15, -0.1) is 0 Å². The van der Waals surface area contributed by atoms with Crippen molar-refractivity contribution in [2.75, 3.05) is 13.1 Å². The summed E-state index contributed by atoms with van der Waals surface area (Å²) in [5.74, 6) is 0.0447. The first-order valence-corrected chi connectivity index (χ1v) is 8.78. The Balaban J connectivity index is 1.63. The molecule has 1 aromatic heterocycles. The lowest BCUT2D eigenvalue weighted by atomic mass is 9.97. The second kappa shape index (κ2) is 7.51. The van der Waals surface area contributed by atoms with Crippen LogP contribution in [-0.2, 0) is 13.0 Å². The van der Waals surface area contributed by atoms with Crippen molar-refractivity contribution in [2.45, 2.75) is 32.7 Å². The molecule has 2 heterocycles. The number of hydrogen-bond donors (Lipinski definition) is 1. The van der Waals surface area contributed by atoms with E-state index >= 15 is 0 Å². The Morgan fingerprint density at radius 3 is 2.92 bits per heavy atom. The fraction of sp³-hybridized carbons (Fsp3) is 0.421. The summed E-state index contributed by atoms with van der Waals surface area (Å²) in [6, 6.07) is 9.24. The van der Waals surface area contributed by atoms with Crippen LogP contribution in [-0.4, -0.2) is 39.6 Å². The normalized spacial score (nSPS) is 17.0. The zero-order valence-corrected chi connectivity index (χ0v) is 14.5. The first-order valence-electron chi connectivity index (χ1n) is 8.78. The summed E-state index contributed by atoms with van der Waals surface area (Å²) in [6.07, 6.45) is 4.44. The maximum absolute atomic E-state index is 12.7. The van der Waals surface area contributed by atoms with Gasteiger partial charge in [0, 0.05) is 31.4 Å². The lowest BCUT2D eigenvalue weighted by Crippen LogP contribution is -2.31. The molecule has 2 amide bonds. The van der Waals surface area contributed by atoms with Gasteiger partial charge in [-0.3, -0.25) is 14.3 Å². The molecule has 6 nitrogen and oxygen atoms in total. The molecule has 25 heavy (non-hydrogen) atoms. The number of likely N-dealkylation sites (tertiary alicyclic amines) is 1. The van der Waals surface area contributed by atoms with E-state index in [1.54, 1.807) is 23.0 Å². The molecule has 1 aromatic carbocycles. The summed E-state index contributed by atoms with van der Waals surface area (Å²) in [7, 11) is 0. The topological polar surface area (TPSA) is 81.2 Å². The average molecular weight is 340 g/mol. The molecule has 0 saturated carbocycles. The second-order valence-corrected chi connectivity index (χ2v) is 6.61. The summed E-state index contributed by atoms with van der Waals surface area (Å²) >= 11 is 0. The molecule has 0 radical (unpaired) electrons. The van der Waals surface area contributed by atoms with Gasteiger partial charge in [-0.1, -0.05) is 19.1 Å². The van der Waals surface area contributed by atoms with E-state index < -0.39 is 5.91 Å². The number of amides is 2. The van der Waals surface area contributed by atoms with E-state index in [0.29, 0.717) is 17.2 Å². The lowest BCUT2D eigenvalue weighted by Gasteiger charge is -2.17. The molecule has 6 heteroatoms. The van der Waals surface area contributed by atoms with Crippen molar-refractivity contribution in [2.24, 2.45) is 11.7 Å². The Labute approximate surface area is 147 Å². The van der Waals surface area contributed by atoms with Gasteiger partial charge in [-0.05, 0) is 48.9 Å². The average Bonchev–Trinajstić information content (AvgIpc) is 3.24. The standard InChI is InChI=1S/C19H24N4O2/c1-2-9-23-17(6-8-21-23)19(25)22-10-7-15(13-22)11-14-4-3-5-16(12-14)18(20)24/h3-6,8,12,15H,2,7,9-11,13H2,1H3,(H2,20,24)/t15-/m0/s1. The summed E-state index contributed by atoms with van der Waals surface area (Å²) in [4.78, 5) is 26.0. The van der Waals surface area contributed by atoms with E-state index in [0.717, 1.165) is 44.5 Å². The molecule has 2 N–H and O–H groups in total. The highest BCUT2D eigenvalue weighted by molar-refractivity contribution is 5.93. The summed E-state index contributed by atoms with van der Waals surface area (Å²) < 4.78 is 1.78. The van der Waals surface area contributed by atoms with E-state index in [1.807, 2.05) is 23.1 Å². The molecular weight excluding hydrogens is 316 g/mol. The molecule has 0 bridgehead atoms. The number of aryl methyl sites for hydroxylation is 1. The molecule has 0 unspecified atom stereocenters. The number of benzene rings is 1. The van der Waals surface area contributed by atoms with Crippen molar-refractivity contribution < 1.29 is 9.59 Å². The molecule has 1 atom stereocenters. The monoisotopic (exact) mass is 340 g/mol. The SMILES string of the molecule is CCCn1nccc1C(=O)N1CC[C@@H](Cc2cccc(C(N)=O)c2)C1. The number of primary amides is 1. The van der Waals surface area contributed by atoms with Gasteiger partial charge in [0.25, 0.3) is 5.91 Å². The minimum absolute atomic E-state index is 0.0549. The fourth-order valence-corrected chi connectivity index (χ4v) is 3.43. The Morgan fingerprint density at radius 2 is 2.16 bits per heavy atom. The van der Waals surface area contributed by atoms with Crippen LogP contribution in [0.1, 0.15) is 46.2 Å². The molecule has 132 valence electrons. The van der Waals surface area contributed by atoms with Gasteiger partial charge in [-0.2, -0.15) is 5.10 Å². The number of nitrogens with zero attached hydrogens (tertiary/aromatic N) is 3. The molecular formula is C19H24N4O2. The Kier molecular flexibility index (Phi) is 5.16. The maximum atomic E-state index is 12.7. The van der Waals surface area contributed by atoms with E-state index in [2.05, 4.69) is 12.0 Å². The first-order chi connectivity index (χ1) is 12.1. The zero-order chi connectivity index (χ0) is 17.8. The molecule has 1 aliphatic heterocycles. The highest BCUT2D eigenvalue weighted by atomic mass is 16.2. The van der Waals surface area contributed by atoms with Crippen LogP contribution < -0.4 is 5.73 Å². The number of carbonyl (C=O) groups excluding carboxylic acids is 2. The van der Waals surface area contributed by atoms with Crippen molar-refractivity contribution in [3.63, 3.8) is 0 Å². The van der Waals surface area contributed by atoms with Crippen molar-refractivity contribution in [3.05, 3.63) is 53.3 Å². The Hall–Kier alpha value is -2.63. The summed E-state index contributed by atoms with van der Waals surface area (Å²) in [6.45, 7) is 4.32. The van der Waals surface area contributed by atoms with Gasteiger partial charge in [0.2, 0.25) is 5.91 Å². The zero-order valence-electron chi connectivity index (χ0n) is 14.5.